The van der Waals surface area contributed by atoms with E-state index >= 15 is 0 Å². The van der Waals surface area contributed by atoms with Crippen molar-refractivity contribution >= 4 is 22.4 Å². The van der Waals surface area contributed by atoms with Gasteiger partial charge < -0.3 is 10.1 Å². The predicted octanol–water partition coefficient (Wildman–Crippen LogP) is 2.60. The van der Waals surface area contributed by atoms with Crippen molar-refractivity contribution in [3.63, 3.8) is 0 Å². The van der Waals surface area contributed by atoms with Crippen LogP contribution in [0.3, 0.4) is 0 Å². The minimum Gasteiger partial charge on any atom is -0.495 e. The van der Waals surface area contributed by atoms with E-state index in [-0.39, 0.29) is 5.25 Å². The summed E-state index contributed by atoms with van der Waals surface area (Å²) in [5.41, 5.74) is 1.12. The first kappa shape index (κ1) is 15.5. The summed E-state index contributed by atoms with van der Waals surface area (Å²) >= 11 is 6.04. The Bertz CT molecular complexity index is 412. The predicted molar refractivity (Wildman–Crippen MR) is 77.9 cm³/mol. The summed E-state index contributed by atoms with van der Waals surface area (Å²) in [6.45, 7) is 3.61. The van der Waals surface area contributed by atoms with E-state index in [0.717, 1.165) is 25.1 Å². The lowest BCUT2D eigenvalue weighted by Gasteiger charge is -2.10. The van der Waals surface area contributed by atoms with E-state index in [4.69, 9.17) is 16.3 Å². The van der Waals surface area contributed by atoms with Gasteiger partial charge in [-0.15, -0.1) is 0 Å². The van der Waals surface area contributed by atoms with Crippen molar-refractivity contribution in [2.45, 2.75) is 25.1 Å². The second-order valence-electron chi connectivity index (χ2n) is 4.24. The van der Waals surface area contributed by atoms with Gasteiger partial charge in [0.2, 0.25) is 0 Å². The van der Waals surface area contributed by atoms with Crippen LogP contribution in [-0.4, -0.2) is 29.4 Å². The minimum absolute atomic E-state index is 0.233. The van der Waals surface area contributed by atoms with Crippen molar-refractivity contribution in [3.8, 4) is 5.75 Å². The fourth-order valence-corrected chi connectivity index (χ4v) is 2.25. The SMILES string of the molecule is COc1ccc(CNCCC(C)S(C)=O)cc1Cl. The van der Waals surface area contributed by atoms with Crippen LogP contribution < -0.4 is 10.1 Å². The normalized spacial score (nSPS) is 14.2. The maximum absolute atomic E-state index is 11.2. The number of halogens is 1. The largest absolute Gasteiger partial charge is 0.495 e. The van der Waals surface area contributed by atoms with Crippen LogP contribution in [0.15, 0.2) is 18.2 Å². The second-order valence-corrected chi connectivity index (χ2v) is 6.45. The van der Waals surface area contributed by atoms with Gasteiger partial charge in [-0.2, -0.15) is 0 Å². The molecule has 2 atom stereocenters. The Morgan fingerprint density at radius 1 is 1.50 bits per heavy atom. The van der Waals surface area contributed by atoms with Crippen molar-refractivity contribution in [3.05, 3.63) is 28.8 Å². The van der Waals surface area contributed by atoms with Crippen molar-refractivity contribution in [1.29, 1.82) is 0 Å². The van der Waals surface area contributed by atoms with Gasteiger partial charge in [0, 0.05) is 28.9 Å². The molecule has 0 aliphatic heterocycles. The van der Waals surface area contributed by atoms with Gasteiger partial charge in [0.25, 0.3) is 0 Å². The van der Waals surface area contributed by atoms with Crippen LogP contribution in [-0.2, 0) is 17.3 Å². The van der Waals surface area contributed by atoms with Crippen LogP contribution in [0.4, 0.5) is 0 Å². The molecule has 2 unspecified atom stereocenters. The zero-order valence-electron chi connectivity index (χ0n) is 11.0. The molecule has 3 nitrogen and oxygen atoms in total. The van der Waals surface area contributed by atoms with Crippen LogP contribution in [0.2, 0.25) is 5.02 Å². The number of nitrogens with one attached hydrogen (secondary N) is 1. The molecule has 5 heteroatoms. The molecule has 0 aliphatic rings. The molecule has 0 bridgehead atoms. The summed E-state index contributed by atoms with van der Waals surface area (Å²) < 4.78 is 16.3. The molecule has 1 aromatic rings. The highest BCUT2D eigenvalue weighted by atomic mass is 35.5. The molecule has 0 heterocycles. The summed E-state index contributed by atoms with van der Waals surface area (Å²) in [5, 5.41) is 4.18. The zero-order chi connectivity index (χ0) is 13.5. The average Bonchev–Trinajstić information content (AvgIpc) is 2.34. The van der Waals surface area contributed by atoms with Crippen LogP contribution in [0.25, 0.3) is 0 Å². The molecule has 0 aromatic heterocycles. The number of hydrogen-bond donors (Lipinski definition) is 1. The molecule has 0 fully saturated rings. The van der Waals surface area contributed by atoms with E-state index in [0.29, 0.717) is 10.8 Å². The Labute approximate surface area is 116 Å². The number of benzene rings is 1. The summed E-state index contributed by atoms with van der Waals surface area (Å²) in [4.78, 5) is 0. The molecule has 0 radical (unpaired) electrons. The van der Waals surface area contributed by atoms with E-state index in [1.54, 1.807) is 13.4 Å². The van der Waals surface area contributed by atoms with Gasteiger partial charge in [0.05, 0.1) is 12.1 Å². The Morgan fingerprint density at radius 3 is 2.78 bits per heavy atom. The van der Waals surface area contributed by atoms with Gasteiger partial charge in [-0.25, -0.2) is 0 Å². The quantitative estimate of drug-likeness (QED) is 0.784. The molecular weight excluding hydrogens is 270 g/mol. The van der Waals surface area contributed by atoms with Crippen molar-refractivity contribution in [2.24, 2.45) is 0 Å². The highest BCUT2D eigenvalue weighted by Crippen LogP contribution is 2.24. The second kappa shape index (κ2) is 7.77. The van der Waals surface area contributed by atoms with E-state index in [9.17, 15) is 4.21 Å². The maximum Gasteiger partial charge on any atom is 0.137 e. The Hall–Kier alpha value is -0.580. The van der Waals surface area contributed by atoms with E-state index in [2.05, 4.69) is 5.32 Å². The number of rotatable bonds is 7. The lowest BCUT2D eigenvalue weighted by Crippen LogP contribution is -2.20. The zero-order valence-corrected chi connectivity index (χ0v) is 12.6. The summed E-state index contributed by atoms with van der Waals surface area (Å²) in [6, 6.07) is 5.75. The lowest BCUT2D eigenvalue weighted by molar-refractivity contribution is 0.415. The van der Waals surface area contributed by atoms with Gasteiger partial charge in [-0.05, 0) is 30.7 Å². The molecule has 0 saturated heterocycles. The van der Waals surface area contributed by atoms with Crippen LogP contribution >= 0.6 is 11.6 Å². The standard InChI is InChI=1S/C13H20ClNO2S/c1-10(18(3)16)6-7-15-9-11-4-5-13(17-2)12(14)8-11/h4-5,8,10,15H,6-7,9H2,1-3H3. The van der Waals surface area contributed by atoms with Crippen LogP contribution in [0.5, 0.6) is 5.75 Å². The third-order valence-electron chi connectivity index (χ3n) is 2.84. The van der Waals surface area contributed by atoms with E-state index in [1.165, 1.54) is 0 Å². The molecule has 0 aliphatic carbocycles. The third-order valence-corrected chi connectivity index (χ3v) is 4.50. The molecule has 102 valence electrons. The maximum atomic E-state index is 11.2. The van der Waals surface area contributed by atoms with Gasteiger partial charge in [-0.3, -0.25) is 4.21 Å². The van der Waals surface area contributed by atoms with Gasteiger partial charge >= 0.3 is 0 Å². The Kier molecular flexibility index (Phi) is 6.68. The molecule has 18 heavy (non-hydrogen) atoms. The summed E-state index contributed by atoms with van der Waals surface area (Å²) in [6.07, 6.45) is 2.65. The van der Waals surface area contributed by atoms with E-state index < -0.39 is 10.8 Å². The highest BCUT2D eigenvalue weighted by molar-refractivity contribution is 7.84. The molecule has 0 saturated carbocycles. The number of ether oxygens (including phenoxy) is 1. The fourth-order valence-electron chi connectivity index (χ4n) is 1.52. The molecule has 1 N–H and O–H groups in total. The first-order valence-electron chi connectivity index (χ1n) is 5.90. The highest BCUT2D eigenvalue weighted by Gasteiger charge is 2.05. The molecule has 1 rings (SSSR count). The van der Waals surface area contributed by atoms with Crippen molar-refractivity contribution in [1.82, 2.24) is 5.32 Å². The molecule has 0 amide bonds. The van der Waals surface area contributed by atoms with Crippen LogP contribution in [0.1, 0.15) is 18.9 Å². The lowest BCUT2D eigenvalue weighted by atomic mass is 10.2. The first-order chi connectivity index (χ1) is 8.54. The first-order valence-corrected chi connectivity index (χ1v) is 7.90. The van der Waals surface area contributed by atoms with Crippen molar-refractivity contribution < 1.29 is 8.95 Å². The number of methoxy groups -OCH3 is 1. The Balaban J connectivity index is 2.36. The fraction of sp³-hybridized carbons (Fsp3) is 0.538. The third kappa shape index (κ3) is 4.96. The number of hydrogen-bond acceptors (Lipinski definition) is 3. The van der Waals surface area contributed by atoms with Crippen molar-refractivity contribution in [2.75, 3.05) is 19.9 Å². The monoisotopic (exact) mass is 289 g/mol. The molecule has 0 spiro atoms. The van der Waals surface area contributed by atoms with E-state index in [1.807, 2.05) is 25.1 Å². The smallest absolute Gasteiger partial charge is 0.137 e. The molecular formula is C13H20ClNO2S. The van der Waals surface area contributed by atoms with Gasteiger partial charge in [-0.1, -0.05) is 24.6 Å². The topological polar surface area (TPSA) is 38.3 Å². The molecule has 1 aromatic carbocycles. The summed E-state index contributed by atoms with van der Waals surface area (Å²) in [5.74, 6) is 0.690. The average molecular weight is 290 g/mol. The summed E-state index contributed by atoms with van der Waals surface area (Å²) in [7, 11) is 0.859. The minimum atomic E-state index is -0.744. The van der Waals surface area contributed by atoms with Gasteiger partial charge in [0.1, 0.15) is 5.75 Å². The van der Waals surface area contributed by atoms with Crippen LogP contribution in [0, 0.1) is 0 Å². The van der Waals surface area contributed by atoms with Gasteiger partial charge in [0.15, 0.2) is 0 Å². The Morgan fingerprint density at radius 2 is 2.22 bits per heavy atom.